The predicted octanol–water partition coefficient (Wildman–Crippen LogP) is 3.35. The first kappa shape index (κ1) is 12.3. The van der Waals surface area contributed by atoms with Crippen LogP contribution in [-0.2, 0) is 0 Å². The molecule has 0 aliphatic heterocycles. The van der Waals surface area contributed by atoms with Crippen LogP contribution in [0.4, 0.5) is 0 Å². The molecule has 1 N–H and O–H groups in total. The van der Waals surface area contributed by atoms with Crippen molar-refractivity contribution >= 4 is 6.08 Å². The van der Waals surface area contributed by atoms with Crippen LogP contribution in [0.1, 0.15) is 43.2 Å². The molecule has 0 bridgehead atoms. The van der Waals surface area contributed by atoms with E-state index in [1.807, 2.05) is 18.5 Å². The van der Waals surface area contributed by atoms with Crippen molar-refractivity contribution in [1.82, 2.24) is 4.98 Å². The average molecular weight is 231 g/mol. The van der Waals surface area contributed by atoms with E-state index in [0.29, 0.717) is 5.92 Å². The van der Waals surface area contributed by atoms with Crippen molar-refractivity contribution in [1.29, 1.82) is 0 Å². The molecule has 0 spiro atoms. The van der Waals surface area contributed by atoms with Crippen molar-refractivity contribution in [3.63, 3.8) is 0 Å². The lowest BCUT2D eigenvalue weighted by atomic mass is 9.83. The highest BCUT2D eigenvalue weighted by Crippen LogP contribution is 2.30. The molecule has 1 aromatic heterocycles. The molecule has 92 valence electrons. The zero-order valence-electron chi connectivity index (χ0n) is 10.5. The molecule has 1 aromatic rings. The molecule has 0 amide bonds. The van der Waals surface area contributed by atoms with Gasteiger partial charge in [-0.1, -0.05) is 25.3 Å². The first-order chi connectivity index (χ1) is 8.31. The topological polar surface area (TPSA) is 33.1 Å². The summed E-state index contributed by atoms with van der Waals surface area (Å²) in [6, 6.07) is 2.02. The molecule has 1 aliphatic rings. The molecule has 1 fully saturated rings. The number of nitrogens with zero attached hydrogens (tertiary/aromatic N) is 1. The molecule has 2 nitrogen and oxygen atoms in total. The lowest BCUT2D eigenvalue weighted by Gasteiger charge is -2.23. The summed E-state index contributed by atoms with van der Waals surface area (Å²) in [6.07, 6.45) is 12.2. The van der Waals surface area contributed by atoms with Gasteiger partial charge in [0, 0.05) is 12.4 Å². The molecule has 0 radical (unpaired) electrons. The highest BCUT2D eigenvalue weighted by atomic mass is 16.3. The number of rotatable bonds is 3. The van der Waals surface area contributed by atoms with Crippen LogP contribution < -0.4 is 0 Å². The van der Waals surface area contributed by atoms with Crippen LogP contribution in [0.5, 0.6) is 0 Å². The molecule has 1 saturated carbocycles. The number of aliphatic hydroxyl groups is 1. The lowest BCUT2D eigenvalue weighted by molar-refractivity contribution is 0.295. The second-order valence-corrected chi connectivity index (χ2v) is 4.94. The Morgan fingerprint density at radius 2 is 2.18 bits per heavy atom. The van der Waals surface area contributed by atoms with E-state index in [1.165, 1.54) is 43.2 Å². The molecular formula is C15H21NO. The Hall–Kier alpha value is -1.15. The fourth-order valence-corrected chi connectivity index (χ4v) is 2.59. The van der Waals surface area contributed by atoms with Crippen molar-refractivity contribution in [3.05, 3.63) is 35.2 Å². The number of aromatic nitrogens is 1. The zero-order chi connectivity index (χ0) is 12.1. The van der Waals surface area contributed by atoms with E-state index in [2.05, 4.69) is 18.0 Å². The second-order valence-electron chi connectivity index (χ2n) is 4.94. The molecule has 0 unspecified atom stereocenters. The van der Waals surface area contributed by atoms with E-state index in [1.54, 1.807) is 0 Å². The largest absolute Gasteiger partial charge is 0.392 e. The Balaban J connectivity index is 2.19. The van der Waals surface area contributed by atoms with Gasteiger partial charge >= 0.3 is 0 Å². The number of hydrogen-bond donors (Lipinski definition) is 1. The van der Waals surface area contributed by atoms with Gasteiger partial charge in [-0.25, -0.2) is 0 Å². The minimum absolute atomic E-state index is 0.180. The Morgan fingerprint density at radius 3 is 2.82 bits per heavy atom. The summed E-state index contributed by atoms with van der Waals surface area (Å²) < 4.78 is 0. The summed E-state index contributed by atoms with van der Waals surface area (Å²) in [5.74, 6) is 0.577. The Bertz CT molecular complexity index is 392. The van der Waals surface area contributed by atoms with Crippen molar-refractivity contribution in [2.75, 3.05) is 6.61 Å². The lowest BCUT2D eigenvalue weighted by Crippen LogP contribution is -2.11. The van der Waals surface area contributed by atoms with Gasteiger partial charge in [0.1, 0.15) is 0 Å². The molecule has 2 heteroatoms. The molecule has 0 atom stereocenters. The van der Waals surface area contributed by atoms with Gasteiger partial charge in [-0.05, 0) is 48.4 Å². The second kappa shape index (κ2) is 5.97. The standard InChI is InChI=1S/C15H21NO/c1-12-7-8-16-10-14(12)9-15(11-17)13-5-3-2-4-6-13/h7-10,13,17H,2-6,11H2,1H3/b15-9-. The van der Waals surface area contributed by atoms with Crippen LogP contribution in [-0.4, -0.2) is 16.7 Å². The van der Waals surface area contributed by atoms with E-state index < -0.39 is 0 Å². The average Bonchev–Trinajstić information content (AvgIpc) is 2.39. The molecular weight excluding hydrogens is 210 g/mol. The number of hydrogen-bond acceptors (Lipinski definition) is 2. The Labute approximate surface area is 103 Å². The van der Waals surface area contributed by atoms with Crippen molar-refractivity contribution < 1.29 is 5.11 Å². The van der Waals surface area contributed by atoms with E-state index in [4.69, 9.17) is 0 Å². The van der Waals surface area contributed by atoms with E-state index in [-0.39, 0.29) is 6.61 Å². The predicted molar refractivity (Wildman–Crippen MR) is 70.6 cm³/mol. The summed E-state index contributed by atoms with van der Waals surface area (Å²) in [5.41, 5.74) is 3.55. The van der Waals surface area contributed by atoms with Gasteiger partial charge in [0.25, 0.3) is 0 Å². The van der Waals surface area contributed by atoms with Crippen LogP contribution in [0.2, 0.25) is 0 Å². The molecule has 17 heavy (non-hydrogen) atoms. The van der Waals surface area contributed by atoms with Crippen LogP contribution in [0.15, 0.2) is 24.0 Å². The Morgan fingerprint density at radius 1 is 1.41 bits per heavy atom. The summed E-state index contributed by atoms with van der Waals surface area (Å²) in [5, 5.41) is 9.54. The molecule has 0 aromatic carbocycles. The minimum Gasteiger partial charge on any atom is -0.392 e. The van der Waals surface area contributed by atoms with Crippen molar-refractivity contribution in [2.45, 2.75) is 39.0 Å². The van der Waals surface area contributed by atoms with E-state index in [0.717, 1.165) is 5.56 Å². The third-order valence-electron chi connectivity index (χ3n) is 3.73. The van der Waals surface area contributed by atoms with Gasteiger partial charge in [-0.3, -0.25) is 4.98 Å². The van der Waals surface area contributed by atoms with Crippen molar-refractivity contribution in [2.24, 2.45) is 5.92 Å². The molecule has 1 heterocycles. The maximum absolute atomic E-state index is 9.54. The van der Waals surface area contributed by atoms with Gasteiger partial charge in [-0.15, -0.1) is 0 Å². The van der Waals surface area contributed by atoms with Gasteiger partial charge in [-0.2, -0.15) is 0 Å². The third-order valence-corrected chi connectivity index (χ3v) is 3.73. The van der Waals surface area contributed by atoms with Gasteiger partial charge < -0.3 is 5.11 Å². The van der Waals surface area contributed by atoms with Crippen LogP contribution >= 0.6 is 0 Å². The van der Waals surface area contributed by atoms with Crippen LogP contribution in [0, 0.1) is 12.8 Å². The quantitative estimate of drug-likeness (QED) is 0.865. The number of pyridine rings is 1. The van der Waals surface area contributed by atoms with Crippen LogP contribution in [0.3, 0.4) is 0 Å². The monoisotopic (exact) mass is 231 g/mol. The molecule has 0 saturated heterocycles. The number of aryl methyl sites for hydroxylation is 1. The van der Waals surface area contributed by atoms with Gasteiger partial charge in [0.05, 0.1) is 6.61 Å². The maximum Gasteiger partial charge on any atom is 0.0647 e. The van der Waals surface area contributed by atoms with E-state index in [9.17, 15) is 5.11 Å². The zero-order valence-corrected chi connectivity index (χ0v) is 10.5. The summed E-state index contributed by atoms with van der Waals surface area (Å²) >= 11 is 0. The third kappa shape index (κ3) is 3.16. The van der Waals surface area contributed by atoms with Crippen molar-refractivity contribution in [3.8, 4) is 0 Å². The summed E-state index contributed by atoms with van der Waals surface area (Å²) in [7, 11) is 0. The highest BCUT2D eigenvalue weighted by molar-refractivity contribution is 5.56. The first-order valence-corrected chi connectivity index (χ1v) is 6.53. The highest BCUT2D eigenvalue weighted by Gasteiger charge is 2.17. The van der Waals surface area contributed by atoms with E-state index >= 15 is 0 Å². The van der Waals surface area contributed by atoms with Gasteiger partial charge in [0.2, 0.25) is 0 Å². The Kier molecular flexibility index (Phi) is 4.32. The fraction of sp³-hybridized carbons (Fsp3) is 0.533. The molecule has 2 rings (SSSR count). The SMILES string of the molecule is Cc1ccncc1/C=C(/CO)C1CCCCC1. The van der Waals surface area contributed by atoms with Crippen LogP contribution in [0.25, 0.3) is 6.08 Å². The fourth-order valence-electron chi connectivity index (χ4n) is 2.59. The summed E-state index contributed by atoms with van der Waals surface area (Å²) in [4.78, 5) is 4.15. The smallest absolute Gasteiger partial charge is 0.0647 e. The molecule has 1 aliphatic carbocycles. The normalized spacial score (nSPS) is 18.4. The number of aliphatic hydroxyl groups excluding tert-OH is 1. The summed E-state index contributed by atoms with van der Waals surface area (Å²) in [6.45, 7) is 2.27. The maximum atomic E-state index is 9.54. The first-order valence-electron chi connectivity index (χ1n) is 6.53. The minimum atomic E-state index is 0.180. The van der Waals surface area contributed by atoms with Gasteiger partial charge in [0.15, 0.2) is 0 Å².